The van der Waals surface area contributed by atoms with Gasteiger partial charge in [-0.15, -0.1) is 0 Å². The van der Waals surface area contributed by atoms with Gasteiger partial charge in [0.1, 0.15) is 17.9 Å². The quantitative estimate of drug-likeness (QED) is 0.840. The molecule has 0 bridgehead atoms. The molecule has 0 saturated heterocycles. The number of benzene rings is 1. The molecule has 112 valence electrons. The van der Waals surface area contributed by atoms with Crippen LogP contribution in [0.2, 0.25) is 0 Å². The number of nitrogens with two attached hydrogens (primary N) is 1. The van der Waals surface area contributed by atoms with Crippen molar-refractivity contribution >= 4 is 11.5 Å². The van der Waals surface area contributed by atoms with E-state index in [1.165, 1.54) is 6.33 Å². The van der Waals surface area contributed by atoms with Crippen molar-refractivity contribution in [2.24, 2.45) is 5.73 Å². The first-order valence-electron chi connectivity index (χ1n) is 6.76. The maximum absolute atomic E-state index is 5.64. The summed E-state index contributed by atoms with van der Waals surface area (Å²) >= 11 is 0. The molecule has 21 heavy (non-hydrogen) atoms. The molecule has 0 spiro atoms. The fourth-order valence-corrected chi connectivity index (χ4v) is 1.99. The van der Waals surface area contributed by atoms with Gasteiger partial charge >= 0.3 is 0 Å². The third-order valence-corrected chi connectivity index (χ3v) is 3.06. The second-order valence-corrected chi connectivity index (χ2v) is 4.41. The van der Waals surface area contributed by atoms with Gasteiger partial charge in [-0.25, -0.2) is 9.97 Å². The first kappa shape index (κ1) is 15.1. The second-order valence-electron chi connectivity index (χ2n) is 4.41. The first-order chi connectivity index (χ1) is 10.3. The van der Waals surface area contributed by atoms with Crippen LogP contribution in [-0.2, 0) is 0 Å². The van der Waals surface area contributed by atoms with Gasteiger partial charge in [0.25, 0.3) is 0 Å². The Morgan fingerprint density at radius 2 is 2.00 bits per heavy atom. The SMILES string of the molecule is COc1cccc(N(CCCN)c2cc(OC)ncn2)c1. The summed E-state index contributed by atoms with van der Waals surface area (Å²) in [7, 11) is 3.24. The van der Waals surface area contributed by atoms with E-state index in [4.69, 9.17) is 15.2 Å². The van der Waals surface area contributed by atoms with Crippen LogP contribution in [0.4, 0.5) is 11.5 Å². The molecule has 0 aliphatic carbocycles. The Morgan fingerprint density at radius 3 is 2.71 bits per heavy atom. The highest BCUT2D eigenvalue weighted by molar-refractivity contribution is 5.62. The number of hydrogen-bond donors (Lipinski definition) is 1. The van der Waals surface area contributed by atoms with E-state index in [0.717, 1.165) is 30.2 Å². The molecular weight excluding hydrogens is 268 g/mol. The van der Waals surface area contributed by atoms with E-state index >= 15 is 0 Å². The molecule has 2 N–H and O–H groups in total. The lowest BCUT2D eigenvalue weighted by Gasteiger charge is -2.24. The average Bonchev–Trinajstić information content (AvgIpc) is 2.55. The van der Waals surface area contributed by atoms with Crippen molar-refractivity contribution < 1.29 is 9.47 Å². The van der Waals surface area contributed by atoms with Crippen LogP contribution in [-0.4, -0.2) is 37.3 Å². The van der Waals surface area contributed by atoms with Gasteiger partial charge in [0, 0.05) is 24.4 Å². The lowest BCUT2D eigenvalue weighted by molar-refractivity contribution is 0.397. The van der Waals surface area contributed by atoms with E-state index in [2.05, 4.69) is 14.9 Å². The van der Waals surface area contributed by atoms with Gasteiger partial charge in [-0.3, -0.25) is 0 Å². The molecule has 0 amide bonds. The van der Waals surface area contributed by atoms with Crippen LogP contribution in [0, 0.1) is 0 Å². The number of nitrogens with zero attached hydrogens (tertiary/aromatic N) is 3. The maximum atomic E-state index is 5.64. The fraction of sp³-hybridized carbons (Fsp3) is 0.333. The fourth-order valence-electron chi connectivity index (χ4n) is 1.99. The van der Waals surface area contributed by atoms with Crippen molar-refractivity contribution in [1.82, 2.24) is 9.97 Å². The lowest BCUT2D eigenvalue weighted by Crippen LogP contribution is -2.22. The zero-order valence-electron chi connectivity index (χ0n) is 12.3. The van der Waals surface area contributed by atoms with Gasteiger partial charge in [0.05, 0.1) is 14.2 Å². The van der Waals surface area contributed by atoms with Crippen molar-refractivity contribution in [1.29, 1.82) is 0 Å². The van der Waals surface area contributed by atoms with Gasteiger partial charge in [-0.1, -0.05) is 6.07 Å². The molecule has 1 aromatic carbocycles. The summed E-state index contributed by atoms with van der Waals surface area (Å²) in [6.45, 7) is 1.37. The number of aromatic nitrogens is 2. The Morgan fingerprint density at radius 1 is 1.14 bits per heavy atom. The highest BCUT2D eigenvalue weighted by Crippen LogP contribution is 2.28. The molecule has 2 aromatic rings. The normalized spacial score (nSPS) is 10.2. The summed E-state index contributed by atoms with van der Waals surface area (Å²) in [5.74, 6) is 2.09. The van der Waals surface area contributed by atoms with Crippen LogP contribution in [0.1, 0.15) is 6.42 Å². The number of ether oxygens (including phenoxy) is 2. The minimum atomic E-state index is 0.528. The largest absolute Gasteiger partial charge is 0.497 e. The predicted octanol–water partition coefficient (Wildman–Crippen LogP) is 1.98. The van der Waals surface area contributed by atoms with E-state index in [-0.39, 0.29) is 0 Å². The van der Waals surface area contributed by atoms with Gasteiger partial charge in [0.2, 0.25) is 5.88 Å². The van der Waals surface area contributed by atoms with Crippen LogP contribution in [0.15, 0.2) is 36.7 Å². The minimum absolute atomic E-state index is 0.528. The van der Waals surface area contributed by atoms with E-state index in [1.807, 2.05) is 24.3 Å². The van der Waals surface area contributed by atoms with Crippen LogP contribution >= 0.6 is 0 Å². The zero-order valence-corrected chi connectivity index (χ0v) is 12.3. The van der Waals surface area contributed by atoms with Crippen molar-refractivity contribution in [2.45, 2.75) is 6.42 Å². The Labute approximate surface area is 124 Å². The lowest BCUT2D eigenvalue weighted by atomic mass is 10.2. The number of rotatable bonds is 7. The van der Waals surface area contributed by atoms with E-state index < -0.39 is 0 Å². The molecule has 0 saturated carbocycles. The highest BCUT2D eigenvalue weighted by atomic mass is 16.5. The van der Waals surface area contributed by atoms with Crippen LogP contribution < -0.4 is 20.1 Å². The average molecular weight is 288 g/mol. The summed E-state index contributed by atoms with van der Waals surface area (Å²) in [5, 5.41) is 0. The molecular formula is C15H20N4O2. The van der Waals surface area contributed by atoms with Crippen LogP contribution in [0.25, 0.3) is 0 Å². The van der Waals surface area contributed by atoms with Crippen molar-refractivity contribution in [3.63, 3.8) is 0 Å². The molecule has 6 nitrogen and oxygen atoms in total. The molecule has 0 fully saturated rings. The molecule has 0 aliphatic rings. The van der Waals surface area contributed by atoms with Gasteiger partial charge in [0.15, 0.2) is 0 Å². The molecule has 0 atom stereocenters. The van der Waals surface area contributed by atoms with Gasteiger partial charge in [-0.2, -0.15) is 0 Å². The smallest absolute Gasteiger partial charge is 0.218 e. The summed E-state index contributed by atoms with van der Waals surface area (Å²) in [6, 6.07) is 9.63. The Kier molecular flexibility index (Phi) is 5.34. The first-order valence-corrected chi connectivity index (χ1v) is 6.76. The topological polar surface area (TPSA) is 73.5 Å². The molecule has 6 heteroatoms. The van der Waals surface area contributed by atoms with E-state index in [9.17, 15) is 0 Å². The summed E-state index contributed by atoms with van der Waals surface area (Å²) in [4.78, 5) is 10.4. The summed E-state index contributed by atoms with van der Waals surface area (Å²) in [5.41, 5.74) is 6.63. The monoisotopic (exact) mass is 288 g/mol. The molecule has 0 radical (unpaired) electrons. The Hall–Kier alpha value is -2.34. The van der Waals surface area contributed by atoms with Crippen molar-refractivity contribution in [2.75, 3.05) is 32.2 Å². The van der Waals surface area contributed by atoms with Crippen molar-refractivity contribution in [3.8, 4) is 11.6 Å². The van der Waals surface area contributed by atoms with E-state index in [1.54, 1.807) is 20.3 Å². The summed E-state index contributed by atoms with van der Waals surface area (Å²) < 4.78 is 10.4. The standard InChI is InChI=1S/C15H20N4O2/c1-20-13-6-3-5-12(9-13)19(8-4-7-16)14-10-15(21-2)18-11-17-14/h3,5-6,9-11H,4,7-8,16H2,1-2H3. The second kappa shape index (κ2) is 7.44. The Balaban J connectivity index is 2.36. The number of anilines is 2. The summed E-state index contributed by atoms with van der Waals surface area (Å²) in [6.07, 6.45) is 2.34. The van der Waals surface area contributed by atoms with Gasteiger partial charge < -0.3 is 20.1 Å². The highest BCUT2D eigenvalue weighted by Gasteiger charge is 2.12. The molecule has 1 aromatic heterocycles. The predicted molar refractivity (Wildman–Crippen MR) is 82.3 cm³/mol. The van der Waals surface area contributed by atoms with Crippen LogP contribution in [0.5, 0.6) is 11.6 Å². The maximum Gasteiger partial charge on any atom is 0.218 e. The van der Waals surface area contributed by atoms with E-state index in [0.29, 0.717) is 12.4 Å². The number of hydrogen-bond acceptors (Lipinski definition) is 6. The Bertz CT molecular complexity index is 530. The molecule has 0 aliphatic heterocycles. The zero-order chi connectivity index (χ0) is 15.1. The minimum Gasteiger partial charge on any atom is -0.497 e. The third-order valence-electron chi connectivity index (χ3n) is 3.06. The number of methoxy groups -OCH3 is 2. The third kappa shape index (κ3) is 3.82. The van der Waals surface area contributed by atoms with Gasteiger partial charge in [-0.05, 0) is 25.1 Å². The molecule has 2 rings (SSSR count). The van der Waals surface area contributed by atoms with Crippen LogP contribution in [0.3, 0.4) is 0 Å². The molecule has 0 unspecified atom stereocenters. The van der Waals surface area contributed by atoms with Crippen molar-refractivity contribution in [3.05, 3.63) is 36.7 Å². The molecule has 1 heterocycles.